The lowest BCUT2D eigenvalue weighted by molar-refractivity contribution is 0.115. The third-order valence-corrected chi connectivity index (χ3v) is 4.05. The van der Waals surface area contributed by atoms with E-state index in [2.05, 4.69) is 0 Å². The molecule has 0 aliphatic carbocycles. The van der Waals surface area contributed by atoms with Gasteiger partial charge in [0.15, 0.2) is 0 Å². The zero-order valence-electron chi connectivity index (χ0n) is 7.49. The molecule has 1 saturated heterocycles. The topological polar surface area (TPSA) is 46.6 Å². The van der Waals surface area contributed by atoms with E-state index in [1.807, 2.05) is 0 Å². The summed E-state index contributed by atoms with van der Waals surface area (Å²) in [4.78, 5) is 0. The van der Waals surface area contributed by atoms with E-state index in [1.54, 1.807) is 14.0 Å². The first-order valence-electron chi connectivity index (χ1n) is 4.10. The molecule has 1 unspecified atom stereocenters. The normalized spacial score (nSPS) is 26.3. The molecule has 0 bridgehead atoms. The molecule has 1 rings (SSSR count). The maximum Gasteiger partial charge on any atom is 0.213 e. The van der Waals surface area contributed by atoms with Gasteiger partial charge < -0.3 is 4.74 Å². The molecular formula is C7H15NO3S. The van der Waals surface area contributed by atoms with Crippen LogP contribution in [0.3, 0.4) is 0 Å². The van der Waals surface area contributed by atoms with Crippen LogP contribution in [-0.4, -0.2) is 44.8 Å². The third kappa shape index (κ3) is 1.97. The number of hydrogen-bond acceptors (Lipinski definition) is 3. The first-order chi connectivity index (χ1) is 5.60. The molecule has 72 valence electrons. The van der Waals surface area contributed by atoms with E-state index in [9.17, 15) is 8.42 Å². The van der Waals surface area contributed by atoms with E-state index in [-0.39, 0.29) is 11.9 Å². The zero-order chi connectivity index (χ0) is 9.19. The lowest BCUT2D eigenvalue weighted by atomic mass is 10.3. The molecule has 0 aromatic carbocycles. The third-order valence-electron chi connectivity index (χ3n) is 2.20. The Morgan fingerprint density at radius 2 is 2.25 bits per heavy atom. The second kappa shape index (κ2) is 3.72. The fourth-order valence-electron chi connectivity index (χ4n) is 1.33. The fraction of sp³-hybridized carbons (Fsp3) is 1.00. The van der Waals surface area contributed by atoms with Crippen molar-refractivity contribution < 1.29 is 13.2 Å². The number of ether oxygens (including phenoxy) is 1. The summed E-state index contributed by atoms with van der Waals surface area (Å²) in [6.45, 7) is 2.79. The Kier molecular flexibility index (Phi) is 3.09. The van der Waals surface area contributed by atoms with Crippen LogP contribution in [0, 0.1) is 0 Å². The second-order valence-electron chi connectivity index (χ2n) is 2.90. The molecule has 12 heavy (non-hydrogen) atoms. The molecule has 1 heterocycles. The minimum atomic E-state index is -2.99. The summed E-state index contributed by atoms with van der Waals surface area (Å²) >= 11 is 0. The molecule has 0 amide bonds. The van der Waals surface area contributed by atoms with Crippen LogP contribution in [0.2, 0.25) is 0 Å². The second-order valence-corrected chi connectivity index (χ2v) is 5.16. The zero-order valence-corrected chi connectivity index (χ0v) is 8.30. The maximum absolute atomic E-state index is 11.3. The molecule has 0 N–H and O–H groups in total. The molecule has 0 aromatic heterocycles. The van der Waals surface area contributed by atoms with Gasteiger partial charge in [0.2, 0.25) is 10.0 Å². The van der Waals surface area contributed by atoms with Gasteiger partial charge in [0.05, 0.1) is 11.9 Å². The molecular weight excluding hydrogens is 178 g/mol. The van der Waals surface area contributed by atoms with Crippen molar-refractivity contribution in [2.45, 2.75) is 19.4 Å². The lowest BCUT2D eigenvalue weighted by Gasteiger charge is -2.14. The fourth-order valence-corrected chi connectivity index (χ4v) is 2.47. The van der Waals surface area contributed by atoms with Crippen LogP contribution < -0.4 is 0 Å². The molecule has 0 aromatic rings. The van der Waals surface area contributed by atoms with Gasteiger partial charge in [-0.2, -0.15) is 4.31 Å². The van der Waals surface area contributed by atoms with E-state index in [1.165, 1.54) is 4.31 Å². The Balaban J connectivity index is 2.58. The highest BCUT2D eigenvalue weighted by Crippen LogP contribution is 2.15. The smallest absolute Gasteiger partial charge is 0.213 e. The van der Waals surface area contributed by atoms with Crippen LogP contribution in [-0.2, 0) is 14.8 Å². The van der Waals surface area contributed by atoms with Gasteiger partial charge in [-0.25, -0.2) is 8.42 Å². The van der Waals surface area contributed by atoms with Crippen molar-refractivity contribution in [1.29, 1.82) is 0 Å². The molecule has 1 atom stereocenters. The van der Waals surface area contributed by atoms with Gasteiger partial charge in [-0.15, -0.1) is 0 Å². The summed E-state index contributed by atoms with van der Waals surface area (Å²) in [5.74, 6) is 0.184. The standard InChI is InChI=1S/C7H15NO3S/c1-3-12(9,10)8-5-4-7(6-8)11-2/h7H,3-6H2,1-2H3. The Morgan fingerprint density at radius 3 is 2.67 bits per heavy atom. The number of sulfonamides is 1. The van der Waals surface area contributed by atoms with Crippen molar-refractivity contribution in [2.24, 2.45) is 0 Å². The van der Waals surface area contributed by atoms with E-state index in [0.717, 1.165) is 6.42 Å². The van der Waals surface area contributed by atoms with E-state index in [0.29, 0.717) is 13.1 Å². The Labute approximate surface area is 73.6 Å². The summed E-state index contributed by atoms with van der Waals surface area (Å²) in [5, 5.41) is 0. The van der Waals surface area contributed by atoms with Crippen LogP contribution in [0.1, 0.15) is 13.3 Å². The van der Waals surface area contributed by atoms with Crippen molar-refractivity contribution in [3.8, 4) is 0 Å². The average Bonchev–Trinajstić information content (AvgIpc) is 2.52. The number of rotatable bonds is 3. The monoisotopic (exact) mass is 193 g/mol. The van der Waals surface area contributed by atoms with Crippen molar-refractivity contribution in [1.82, 2.24) is 4.31 Å². The quantitative estimate of drug-likeness (QED) is 0.636. The summed E-state index contributed by atoms with van der Waals surface area (Å²) in [5.41, 5.74) is 0. The SMILES string of the molecule is CCS(=O)(=O)N1CCC(OC)C1. The molecule has 1 fully saturated rings. The number of methoxy groups -OCH3 is 1. The summed E-state index contributed by atoms with van der Waals surface area (Å²) in [7, 11) is -1.37. The molecule has 1 aliphatic heterocycles. The van der Waals surface area contributed by atoms with Gasteiger partial charge in [0.25, 0.3) is 0 Å². The van der Waals surface area contributed by atoms with E-state index >= 15 is 0 Å². The largest absolute Gasteiger partial charge is 0.380 e. The van der Waals surface area contributed by atoms with Gasteiger partial charge >= 0.3 is 0 Å². The predicted molar refractivity (Wildman–Crippen MR) is 46.4 cm³/mol. The maximum atomic E-state index is 11.3. The van der Waals surface area contributed by atoms with Crippen molar-refractivity contribution in [2.75, 3.05) is 26.0 Å². The van der Waals surface area contributed by atoms with Crippen molar-refractivity contribution in [3.05, 3.63) is 0 Å². The van der Waals surface area contributed by atoms with Crippen molar-refractivity contribution in [3.63, 3.8) is 0 Å². The summed E-state index contributed by atoms with van der Waals surface area (Å²) in [6.07, 6.45) is 0.904. The Hall–Kier alpha value is -0.130. The van der Waals surface area contributed by atoms with Crippen LogP contribution >= 0.6 is 0 Å². The highest BCUT2D eigenvalue weighted by Gasteiger charge is 2.29. The highest BCUT2D eigenvalue weighted by molar-refractivity contribution is 7.89. The van der Waals surface area contributed by atoms with Crippen LogP contribution in [0.5, 0.6) is 0 Å². The first-order valence-corrected chi connectivity index (χ1v) is 5.71. The summed E-state index contributed by atoms with van der Waals surface area (Å²) in [6, 6.07) is 0. The van der Waals surface area contributed by atoms with Crippen LogP contribution in [0.4, 0.5) is 0 Å². The lowest BCUT2D eigenvalue weighted by Crippen LogP contribution is -2.31. The molecule has 1 aliphatic rings. The van der Waals surface area contributed by atoms with Crippen LogP contribution in [0.15, 0.2) is 0 Å². The Bertz CT molecular complexity index is 237. The van der Waals surface area contributed by atoms with Gasteiger partial charge in [0.1, 0.15) is 0 Å². The van der Waals surface area contributed by atoms with Crippen LogP contribution in [0.25, 0.3) is 0 Å². The van der Waals surface area contributed by atoms with E-state index < -0.39 is 10.0 Å². The molecule has 0 saturated carbocycles. The van der Waals surface area contributed by atoms with Gasteiger partial charge in [-0.05, 0) is 13.3 Å². The first kappa shape index (κ1) is 9.95. The van der Waals surface area contributed by atoms with Gasteiger partial charge in [-0.1, -0.05) is 0 Å². The number of hydrogen-bond donors (Lipinski definition) is 0. The predicted octanol–water partition coefficient (Wildman–Crippen LogP) is 0.0568. The molecule has 5 heteroatoms. The average molecular weight is 193 g/mol. The van der Waals surface area contributed by atoms with Gasteiger partial charge in [-0.3, -0.25) is 0 Å². The molecule has 4 nitrogen and oxygen atoms in total. The number of nitrogens with zero attached hydrogens (tertiary/aromatic N) is 1. The van der Waals surface area contributed by atoms with Crippen molar-refractivity contribution >= 4 is 10.0 Å². The molecule has 0 spiro atoms. The highest BCUT2D eigenvalue weighted by atomic mass is 32.2. The minimum absolute atomic E-state index is 0.0892. The Morgan fingerprint density at radius 1 is 1.58 bits per heavy atom. The molecule has 0 radical (unpaired) electrons. The van der Waals surface area contributed by atoms with E-state index in [4.69, 9.17) is 4.74 Å². The minimum Gasteiger partial charge on any atom is -0.380 e. The van der Waals surface area contributed by atoms with Gasteiger partial charge in [0, 0.05) is 20.2 Å². The summed E-state index contributed by atoms with van der Waals surface area (Å²) < 4.78 is 29.2.